The zero-order chi connectivity index (χ0) is 14.7. The first-order valence-corrected chi connectivity index (χ1v) is 6.99. The summed E-state index contributed by atoms with van der Waals surface area (Å²) in [4.78, 5) is 24.3. The van der Waals surface area contributed by atoms with Crippen LogP contribution >= 0.6 is 0 Å². The van der Waals surface area contributed by atoms with Crippen LogP contribution in [0, 0.1) is 0 Å². The second-order valence-electron chi connectivity index (χ2n) is 5.09. The first kappa shape index (κ1) is 14.6. The van der Waals surface area contributed by atoms with Gasteiger partial charge in [-0.2, -0.15) is 0 Å². The van der Waals surface area contributed by atoms with Crippen molar-refractivity contribution in [2.75, 3.05) is 24.3 Å². The molecule has 1 aliphatic heterocycles. The highest BCUT2D eigenvalue weighted by molar-refractivity contribution is 5.61. The minimum Gasteiger partial charge on any atom is -0.383 e. The molecule has 7 nitrogen and oxygen atoms in total. The lowest BCUT2D eigenvalue weighted by atomic mass is 10.1. The molecular formula is C13H22N4O3. The number of nitrogens with two attached hydrogens (primary N) is 1. The Kier molecular flexibility index (Phi) is 4.49. The summed E-state index contributed by atoms with van der Waals surface area (Å²) in [5.41, 5.74) is 5.60. The molecule has 2 heterocycles. The lowest BCUT2D eigenvalue weighted by molar-refractivity contribution is 0.0904. The first-order valence-electron chi connectivity index (χ1n) is 6.99. The Morgan fingerprint density at radius 1 is 1.35 bits per heavy atom. The third-order valence-corrected chi connectivity index (χ3v) is 3.60. The van der Waals surface area contributed by atoms with E-state index in [1.165, 1.54) is 11.6 Å². The van der Waals surface area contributed by atoms with Crippen LogP contribution in [0.4, 0.5) is 11.5 Å². The number of nitrogen functional groups attached to an aromatic ring is 1. The van der Waals surface area contributed by atoms with Gasteiger partial charge >= 0.3 is 5.69 Å². The van der Waals surface area contributed by atoms with Crippen LogP contribution in [-0.2, 0) is 18.3 Å². The van der Waals surface area contributed by atoms with E-state index in [0.29, 0.717) is 25.4 Å². The smallest absolute Gasteiger partial charge is 0.332 e. The van der Waals surface area contributed by atoms with Gasteiger partial charge in [-0.25, -0.2) is 4.79 Å². The summed E-state index contributed by atoms with van der Waals surface area (Å²) in [6.07, 6.45) is 2.43. The second-order valence-corrected chi connectivity index (χ2v) is 5.09. The van der Waals surface area contributed by atoms with E-state index in [9.17, 15) is 9.59 Å². The van der Waals surface area contributed by atoms with E-state index < -0.39 is 0 Å². The van der Waals surface area contributed by atoms with E-state index >= 15 is 0 Å². The van der Waals surface area contributed by atoms with Gasteiger partial charge in [0.05, 0.1) is 0 Å². The Labute approximate surface area is 117 Å². The Morgan fingerprint density at radius 3 is 2.60 bits per heavy atom. The standard InChI is InChI=1S/C13H22N4O3/c1-3-6-17-11(14)10(12(18)16(2)13(17)19)15-9-4-7-20-8-5-9/h9,15H,3-8,14H2,1-2H3. The SMILES string of the molecule is CCCn1c(N)c(NC2CCOCC2)c(=O)n(C)c1=O. The van der Waals surface area contributed by atoms with E-state index in [1.807, 2.05) is 6.92 Å². The monoisotopic (exact) mass is 282 g/mol. The third-order valence-electron chi connectivity index (χ3n) is 3.60. The number of rotatable bonds is 4. The fourth-order valence-corrected chi connectivity index (χ4v) is 2.40. The second kappa shape index (κ2) is 6.13. The molecule has 0 saturated carbocycles. The minimum atomic E-state index is -0.369. The van der Waals surface area contributed by atoms with Gasteiger partial charge in [-0.15, -0.1) is 0 Å². The average Bonchev–Trinajstić information content (AvgIpc) is 2.47. The van der Waals surface area contributed by atoms with Crippen LogP contribution in [0.15, 0.2) is 9.59 Å². The third kappa shape index (κ3) is 2.72. The van der Waals surface area contributed by atoms with Crippen molar-refractivity contribution in [3.05, 3.63) is 20.8 Å². The number of hydrogen-bond acceptors (Lipinski definition) is 5. The van der Waals surface area contributed by atoms with Gasteiger partial charge in [0.15, 0.2) is 0 Å². The maximum atomic E-state index is 12.2. The number of nitrogens with zero attached hydrogens (tertiary/aromatic N) is 2. The van der Waals surface area contributed by atoms with Crippen molar-refractivity contribution in [1.82, 2.24) is 9.13 Å². The van der Waals surface area contributed by atoms with Crippen molar-refractivity contribution >= 4 is 11.5 Å². The number of hydrogen-bond donors (Lipinski definition) is 2. The first-order chi connectivity index (χ1) is 9.56. The zero-order valence-corrected chi connectivity index (χ0v) is 12.0. The van der Waals surface area contributed by atoms with Crippen LogP contribution < -0.4 is 22.3 Å². The summed E-state index contributed by atoms with van der Waals surface area (Å²) in [6, 6.07) is 0.159. The Morgan fingerprint density at radius 2 is 2.00 bits per heavy atom. The lowest BCUT2D eigenvalue weighted by Gasteiger charge is -2.25. The normalized spacial score (nSPS) is 16.3. The number of aromatic nitrogens is 2. The molecule has 1 aliphatic rings. The van der Waals surface area contributed by atoms with E-state index in [1.54, 1.807) is 0 Å². The lowest BCUT2D eigenvalue weighted by Crippen LogP contribution is -2.42. The van der Waals surface area contributed by atoms with Crippen LogP contribution in [0.2, 0.25) is 0 Å². The van der Waals surface area contributed by atoms with Crippen LogP contribution in [0.25, 0.3) is 0 Å². The van der Waals surface area contributed by atoms with Crippen molar-refractivity contribution in [3.63, 3.8) is 0 Å². The van der Waals surface area contributed by atoms with Crippen molar-refractivity contribution in [3.8, 4) is 0 Å². The number of nitrogens with one attached hydrogen (secondary N) is 1. The highest BCUT2D eigenvalue weighted by Gasteiger charge is 2.20. The summed E-state index contributed by atoms with van der Waals surface area (Å²) in [5, 5.41) is 3.19. The molecule has 1 saturated heterocycles. The van der Waals surface area contributed by atoms with Crippen molar-refractivity contribution in [2.24, 2.45) is 7.05 Å². The van der Waals surface area contributed by atoms with Crippen LogP contribution in [0.3, 0.4) is 0 Å². The van der Waals surface area contributed by atoms with E-state index in [0.717, 1.165) is 23.8 Å². The van der Waals surface area contributed by atoms with Crippen LogP contribution in [0.5, 0.6) is 0 Å². The molecule has 3 N–H and O–H groups in total. The van der Waals surface area contributed by atoms with Gasteiger partial charge in [-0.3, -0.25) is 13.9 Å². The highest BCUT2D eigenvalue weighted by Crippen LogP contribution is 2.17. The predicted molar refractivity (Wildman–Crippen MR) is 78.1 cm³/mol. The molecule has 0 aromatic carbocycles. The molecule has 0 amide bonds. The quantitative estimate of drug-likeness (QED) is 0.819. The largest absolute Gasteiger partial charge is 0.383 e. The highest BCUT2D eigenvalue weighted by atomic mass is 16.5. The summed E-state index contributed by atoms with van der Waals surface area (Å²) in [7, 11) is 1.48. The van der Waals surface area contributed by atoms with Gasteiger partial charge in [-0.05, 0) is 19.3 Å². The molecular weight excluding hydrogens is 260 g/mol. The molecule has 0 bridgehead atoms. The van der Waals surface area contributed by atoms with Crippen molar-refractivity contribution in [1.29, 1.82) is 0 Å². The van der Waals surface area contributed by atoms with Gasteiger partial charge < -0.3 is 15.8 Å². The molecule has 1 aromatic rings. The molecule has 7 heteroatoms. The van der Waals surface area contributed by atoms with Crippen molar-refractivity contribution < 1.29 is 4.74 Å². The van der Waals surface area contributed by atoms with E-state index in [4.69, 9.17) is 10.5 Å². The molecule has 0 atom stereocenters. The Hall–Kier alpha value is -1.76. The Balaban J connectivity index is 2.41. The molecule has 2 rings (SSSR count). The summed E-state index contributed by atoms with van der Waals surface area (Å²) in [6.45, 7) is 3.81. The maximum Gasteiger partial charge on any atom is 0.332 e. The topological polar surface area (TPSA) is 91.3 Å². The molecule has 1 fully saturated rings. The van der Waals surface area contributed by atoms with E-state index in [-0.39, 0.29) is 23.1 Å². The maximum absolute atomic E-state index is 12.2. The number of ether oxygens (including phenoxy) is 1. The summed E-state index contributed by atoms with van der Waals surface area (Å²) >= 11 is 0. The molecule has 112 valence electrons. The molecule has 0 unspecified atom stereocenters. The van der Waals surface area contributed by atoms with Crippen LogP contribution in [-0.4, -0.2) is 28.4 Å². The average molecular weight is 282 g/mol. The summed E-state index contributed by atoms with van der Waals surface area (Å²) < 4.78 is 7.85. The molecule has 1 aromatic heterocycles. The zero-order valence-electron chi connectivity index (χ0n) is 12.0. The van der Waals surface area contributed by atoms with Gasteiger partial charge in [0.1, 0.15) is 11.5 Å². The fourth-order valence-electron chi connectivity index (χ4n) is 2.40. The fraction of sp³-hybridized carbons (Fsp3) is 0.692. The number of anilines is 2. The minimum absolute atomic E-state index is 0.159. The van der Waals surface area contributed by atoms with E-state index in [2.05, 4.69) is 5.32 Å². The van der Waals surface area contributed by atoms with Crippen molar-refractivity contribution in [2.45, 2.75) is 38.8 Å². The van der Waals surface area contributed by atoms with Gasteiger partial charge in [0, 0.05) is 32.8 Å². The molecule has 0 radical (unpaired) electrons. The molecule has 0 aliphatic carbocycles. The summed E-state index contributed by atoms with van der Waals surface area (Å²) in [5.74, 6) is 0.228. The molecule has 0 spiro atoms. The van der Waals surface area contributed by atoms with Gasteiger partial charge in [0.25, 0.3) is 5.56 Å². The van der Waals surface area contributed by atoms with Gasteiger partial charge in [-0.1, -0.05) is 6.92 Å². The van der Waals surface area contributed by atoms with Gasteiger partial charge in [0.2, 0.25) is 0 Å². The predicted octanol–water partition coefficient (Wildman–Crippen LogP) is 0.130. The Bertz CT molecular complexity index is 585. The molecule has 20 heavy (non-hydrogen) atoms. The van der Waals surface area contributed by atoms with Crippen LogP contribution in [0.1, 0.15) is 26.2 Å².